The van der Waals surface area contributed by atoms with Crippen LogP contribution in [0.5, 0.6) is 0 Å². The highest BCUT2D eigenvalue weighted by molar-refractivity contribution is 5.19. The molecule has 0 aromatic heterocycles. The summed E-state index contributed by atoms with van der Waals surface area (Å²) in [5, 5.41) is 12.8. The number of rotatable bonds is 7. The van der Waals surface area contributed by atoms with E-state index in [2.05, 4.69) is 53.8 Å². The molecule has 2 heteroatoms. The highest BCUT2D eigenvalue weighted by Gasteiger charge is 2.13. The maximum absolute atomic E-state index is 9.25. The van der Waals surface area contributed by atoms with E-state index in [4.69, 9.17) is 0 Å². The summed E-state index contributed by atoms with van der Waals surface area (Å²) in [6, 6.07) is 21.5. The van der Waals surface area contributed by atoms with Crippen molar-refractivity contribution in [2.45, 2.75) is 31.8 Å². The van der Waals surface area contributed by atoms with E-state index in [-0.39, 0.29) is 12.6 Å². The molecule has 2 aromatic carbocycles. The molecule has 0 saturated carbocycles. The van der Waals surface area contributed by atoms with Crippen molar-refractivity contribution < 1.29 is 5.11 Å². The Balaban J connectivity index is 2.04. The first-order valence-electron chi connectivity index (χ1n) is 7.22. The molecule has 1 atom stereocenters. The molecule has 0 unspecified atom stereocenters. The highest BCUT2D eigenvalue weighted by atomic mass is 16.3. The molecule has 0 amide bonds. The van der Waals surface area contributed by atoms with Crippen LogP contribution in [0.4, 0.5) is 0 Å². The van der Waals surface area contributed by atoms with Gasteiger partial charge in [-0.25, -0.2) is 0 Å². The van der Waals surface area contributed by atoms with Crippen molar-refractivity contribution in [3.05, 3.63) is 71.8 Å². The SMILES string of the molecule is C[C@H](CO)NC(Cc1ccccc1)Cc1ccccc1. The van der Waals surface area contributed by atoms with Crippen LogP contribution in [0.3, 0.4) is 0 Å². The second-order valence-electron chi connectivity index (χ2n) is 5.33. The molecule has 2 rings (SSSR count). The van der Waals surface area contributed by atoms with Gasteiger partial charge in [0.15, 0.2) is 0 Å². The number of hydrogen-bond acceptors (Lipinski definition) is 2. The van der Waals surface area contributed by atoms with Crippen molar-refractivity contribution in [3.63, 3.8) is 0 Å². The lowest BCUT2D eigenvalue weighted by atomic mass is 9.98. The predicted molar refractivity (Wildman–Crippen MR) is 83.8 cm³/mol. The third kappa shape index (κ3) is 4.80. The van der Waals surface area contributed by atoms with Gasteiger partial charge in [-0.05, 0) is 30.9 Å². The number of nitrogens with one attached hydrogen (secondary N) is 1. The van der Waals surface area contributed by atoms with E-state index in [0.29, 0.717) is 6.04 Å². The Morgan fingerprint density at radius 3 is 1.70 bits per heavy atom. The van der Waals surface area contributed by atoms with Crippen molar-refractivity contribution in [2.24, 2.45) is 0 Å². The van der Waals surface area contributed by atoms with Crippen LogP contribution in [-0.4, -0.2) is 23.8 Å². The molecule has 2 N–H and O–H groups in total. The van der Waals surface area contributed by atoms with E-state index >= 15 is 0 Å². The van der Waals surface area contributed by atoms with Gasteiger partial charge in [-0.1, -0.05) is 60.7 Å². The fourth-order valence-corrected chi connectivity index (χ4v) is 2.44. The van der Waals surface area contributed by atoms with Crippen molar-refractivity contribution in [1.82, 2.24) is 5.32 Å². The Morgan fingerprint density at radius 1 is 0.850 bits per heavy atom. The Kier molecular flexibility index (Phi) is 5.78. The summed E-state index contributed by atoms with van der Waals surface area (Å²) in [6.45, 7) is 2.18. The fourth-order valence-electron chi connectivity index (χ4n) is 2.44. The highest BCUT2D eigenvalue weighted by Crippen LogP contribution is 2.10. The van der Waals surface area contributed by atoms with E-state index in [1.165, 1.54) is 11.1 Å². The molecule has 0 fully saturated rings. The molecule has 0 heterocycles. The van der Waals surface area contributed by atoms with Crippen molar-refractivity contribution in [3.8, 4) is 0 Å². The maximum Gasteiger partial charge on any atom is 0.0582 e. The van der Waals surface area contributed by atoms with Crippen LogP contribution in [0.25, 0.3) is 0 Å². The van der Waals surface area contributed by atoms with Crippen LogP contribution in [0.1, 0.15) is 18.1 Å². The van der Waals surface area contributed by atoms with Gasteiger partial charge in [0.25, 0.3) is 0 Å². The summed E-state index contributed by atoms with van der Waals surface area (Å²) in [5.74, 6) is 0. The molecule has 0 radical (unpaired) electrons. The van der Waals surface area contributed by atoms with Crippen LogP contribution in [0.2, 0.25) is 0 Å². The van der Waals surface area contributed by atoms with Gasteiger partial charge in [-0.2, -0.15) is 0 Å². The Labute approximate surface area is 121 Å². The lowest BCUT2D eigenvalue weighted by Crippen LogP contribution is -2.41. The average Bonchev–Trinajstić information content (AvgIpc) is 2.49. The van der Waals surface area contributed by atoms with E-state index < -0.39 is 0 Å². The average molecular weight is 269 g/mol. The summed E-state index contributed by atoms with van der Waals surface area (Å²) in [6.07, 6.45) is 1.94. The van der Waals surface area contributed by atoms with Gasteiger partial charge in [-0.3, -0.25) is 0 Å². The standard InChI is InChI=1S/C18H23NO/c1-15(14-20)19-18(12-16-8-4-2-5-9-16)13-17-10-6-3-7-11-17/h2-11,15,18-20H,12-14H2,1H3/t15-/m1/s1. The van der Waals surface area contributed by atoms with Crippen LogP contribution < -0.4 is 5.32 Å². The maximum atomic E-state index is 9.25. The van der Waals surface area contributed by atoms with E-state index in [9.17, 15) is 5.11 Å². The third-order valence-corrected chi connectivity index (χ3v) is 3.44. The summed E-state index contributed by atoms with van der Waals surface area (Å²) in [5.41, 5.74) is 2.65. The fraction of sp³-hybridized carbons (Fsp3) is 0.333. The number of aliphatic hydroxyl groups is 1. The van der Waals surface area contributed by atoms with Gasteiger partial charge >= 0.3 is 0 Å². The second-order valence-corrected chi connectivity index (χ2v) is 5.33. The van der Waals surface area contributed by atoms with Crippen molar-refractivity contribution >= 4 is 0 Å². The van der Waals surface area contributed by atoms with Crippen molar-refractivity contribution in [2.75, 3.05) is 6.61 Å². The molecule has 0 aliphatic rings. The van der Waals surface area contributed by atoms with Gasteiger partial charge < -0.3 is 10.4 Å². The summed E-state index contributed by atoms with van der Waals surface area (Å²) >= 11 is 0. The Hall–Kier alpha value is -1.64. The molecule has 106 valence electrons. The molecule has 0 saturated heterocycles. The van der Waals surface area contributed by atoms with Crippen LogP contribution in [-0.2, 0) is 12.8 Å². The van der Waals surface area contributed by atoms with Crippen LogP contribution in [0, 0.1) is 0 Å². The second kappa shape index (κ2) is 7.83. The first-order valence-corrected chi connectivity index (χ1v) is 7.22. The first-order chi connectivity index (χ1) is 9.78. The van der Waals surface area contributed by atoms with E-state index in [1.54, 1.807) is 0 Å². The quantitative estimate of drug-likeness (QED) is 0.810. The summed E-state index contributed by atoms with van der Waals surface area (Å²) in [4.78, 5) is 0. The number of hydrogen-bond donors (Lipinski definition) is 2. The van der Waals surface area contributed by atoms with Crippen LogP contribution >= 0.6 is 0 Å². The Bertz CT molecular complexity index is 442. The minimum Gasteiger partial charge on any atom is -0.395 e. The molecule has 0 aliphatic carbocycles. The Morgan fingerprint density at radius 2 is 1.30 bits per heavy atom. The number of benzene rings is 2. The lowest BCUT2D eigenvalue weighted by Gasteiger charge is -2.22. The molecule has 0 spiro atoms. The molecule has 20 heavy (non-hydrogen) atoms. The molecule has 0 aliphatic heterocycles. The molecule has 0 bridgehead atoms. The van der Waals surface area contributed by atoms with Crippen LogP contribution in [0.15, 0.2) is 60.7 Å². The zero-order valence-electron chi connectivity index (χ0n) is 12.0. The van der Waals surface area contributed by atoms with E-state index in [1.807, 2.05) is 19.1 Å². The molecule has 2 aromatic rings. The lowest BCUT2D eigenvalue weighted by molar-refractivity contribution is 0.239. The largest absolute Gasteiger partial charge is 0.395 e. The van der Waals surface area contributed by atoms with E-state index in [0.717, 1.165) is 12.8 Å². The zero-order chi connectivity index (χ0) is 14.2. The first kappa shape index (κ1) is 14.8. The predicted octanol–water partition coefficient (Wildman–Crippen LogP) is 2.81. The van der Waals surface area contributed by atoms with Gasteiger partial charge in [0.05, 0.1) is 6.61 Å². The molecular weight excluding hydrogens is 246 g/mol. The monoisotopic (exact) mass is 269 g/mol. The third-order valence-electron chi connectivity index (χ3n) is 3.44. The molecular formula is C18H23NO. The van der Waals surface area contributed by atoms with Gasteiger partial charge in [0.1, 0.15) is 0 Å². The molecule has 2 nitrogen and oxygen atoms in total. The summed E-state index contributed by atoms with van der Waals surface area (Å²) < 4.78 is 0. The zero-order valence-corrected chi connectivity index (χ0v) is 12.0. The minimum absolute atomic E-state index is 0.118. The van der Waals surface area contributed by atoms with Gasteiger partial charge in [0, 0.05) is 12.1 Å². The van der Waals surface area contributed by atoms with Gasteiger partial charge in [-0.15, -0.1) is 0 Å². The number of aliphatic hydroxyl groups excluding tert-OH is 1. The normalized spacial score (nSPS) is 12.6. The summed E-state index contributed by atoms with van der Waals surface area (Å²) in [7, 11) is 0. The van der Waals surface area contributed by atoms with Crippen molar-refractivity contribution in [1.29, 1.82) is 0 Å². The topological polar surface area (TPSA) is 32.3 Å². The minimum atomic E-state index is 0.118. The smallest absolute Gasteiger partial charge is 0.0582 e. The van der Waals surface area contributed by atoms with Gasteiger partial charge in [0.2, 0.25) is 0 Å².